The lowest BCUT2D eigenvalue weighted by Gasteiger charge is -2.31. The fourth-order valence-corrected chi connectivity index (χ4v) is 2.82. The van der Waals surface area contributed by atoms with Crippen molar-refractivity contribution in [3.05, 3.63) is 53.5 Å². The second-order valence-electron chi connectivity index (χ2n) is 5.02. The number of hydrogen-bond acceptors (Lipinski definition) is 6. The second kappa shape index (κ2) is 3.84. The van der Waals surface area contributed by atoms with Crippen LogP contribution in [0.5, 0.6) is 5.75 Å². The van der Waals surface area contributed by atoms with Gasteiger partial charge in [0.25, 0.3) is 0 Å². The largest absolute Gasteiger partial charge is 0.733 e. The molecule has 4 rings (SSSR count). The van der Waals surface area contributed by atoms with E-state index >= 15 is 0 Å². The predicted octanol–water partition coefficient (Wildman–Crippen LogP) is 1.88. The highest BCUT2D eigenvalue weighted by Crippen LogP contribution is 2.55. The van der Waals surface area contributed by atoms with Crippen molar-refractivity contribution < 1.29 is 9.94 Å². The van der Waals surface area contributed by atoms with E-state index in [1.807, 2.05) is 23.1 Å². The van der Waals surface area contributed by atoms with Gasteiger partial charge in [-0.2, -0.15) is 0 Å². The van der Waals surface area contributed by atoms with E-state index in [0.29, 0.717) is 18.0 Å². The van der Waals surface area contributed by atoms with Crippen LogP contribution in [0.2, 0.25) is 0 Å². The van der Waals surface area contributed by atoms with Crippen LogP contribution in [0.1, 0.15) is 5.69 Å². The average Bonchev–Trinajstić information content (AvgIpc) is 3.24. The monoisotopic (exact) mass is 270 g/mol. The fourth-order valence-electron chi connectivity index (χ4n) is 2.82. The zero-order valence-electron chi connectivity index (χ0n) is 10.6. The van der Waals surface area contributed by atoms with E-state index in [1.165, 1.54) is 0 Å². The Bertz CT molecular complexity index is 662. The van der Waals surface area contributed by atoms with Crippen molar-refractivity contribution in [2.75, 3.05) is 23.3 Å². The fraction of sp³-hybridized carbons (Fsp3) is 0.214. The van der Waals surface area contributed by atoms with Gasteiger partial charge in [-0.3, -0.25) is 10.2 Å². The highest BCUT2D eigenvalue weighted by Gasteiger charge is 2.59. The predicted molar refractivity (Wildman–Crippen MR) is 72.8 cm³/mol. The highest BCUT2D eigenvalue weighted by atomic mass is 16.8. The molecule has 6 heteroatoms. The number of aromatic nitrogens is 1. The van der Waals surface area contributed by atoms with Gasteiger partial charge < -0.3 is 20.1 Å². The summed E-state index contributed by atoms with van der Waals surface area (Å²) in [5.74, 6) is 0.612. The second-order valence-corrected chi connectivity index (χ2v) is 5.02. The maximum Gasteiger partial charge on any atom is 0.144 e. The number of rotatable bonds is 2. The molecule has 2 aromatic rings. The summed E-state index contributed by atoms with van der Waals surface area (Å²) in [5, 5.41) is 20.4. The molecule has 0 saturated carbocycles. The van der Waals surface area contributed by atoms with E-state index in [4.69, 9.17) is 4.74 Å². The molecular weight excluding hydrogens is 258 g/mol. The molecule has 0 aliphatic carbocycles. The van der Waals surface area contributed by atoms with Gasteiger partial charge in [0.15, 0.2) is 0 Å². The van der Waals surface area contributed by atoms with Gasteiger partial charge in [0.1, 0.15) is 23.6 Å². The molecule has 0 spiro atoms. The zero-order valence-corrected chi connectivity index (χ0v) is 10.6. The Morgan fingerprint density at radius 2 is 2.20 bits per heavy atom. The van der Waals surface area contributed by atoms with E-state index in [2.05, 4.69) is 4.98 Å². The number of nitrogens with zero attached hydrogens (tertiary/aromatic N) is 3. The van der Waals surface area contributed by atoms with Crippen molar-refractivity contribution in [3.63, 3.8) is 0 Å². The van der Waals surface area contributed by atoms with Crippen LogP contribution in [0.15, 0.2) is 42.6 Å². The van der Waals surface area contributed by atoms with Crippen molar-refractivity contribution in [3.8, 4) is 5.75 Å². The van der Waals surface area contributed by atoms with Gasteiger partial charge in [-0.05, 0) is 24.3 Å². The summed E-state index contributed by atoms with van der Waals surface area (Å²) >= 11 is 0. The summed E-state index contributed by atoms with van der Waals surface area (Å²) in [6.07, 6.45) is 1.74. The summed E-state index contributed by atoms with van der Waals surface area (Å²) in [5.41, 5.74) is 1.41. The minimum atomic E-state index is -0.319. The quantitative estimate of drug-likeness (QED) is 0.663. The molecule has 3 heterocycles. The molecule has 6 nitrogen and oxygen atoms in total. The number of anilines is 2. The molecule has 0 amide bonds. The SMILES string of the molecule is [O-]N(O)c1cccc2c1N1CC1(c1ccccn1)CO2. The molecule has 0 bridgehead atoms. The number of fused-ring (bicyclic) bond motifs is 3. The van der Waals surface area contributed by atoms with Crippen LogP contribution >= 0.6 is 0 Å². The van der Waals surface area contributed by atoms with Crippen LogP contribution in [0, 0.1) is 5.21 Å². The summed E-state index contributed by atoms with van der Waals surface area (Å²) in [6.45, 7) is 1.21. The molecule has 1 aromatic heterocycles. The smallest absolute Gasteiger partial charge is 0.144 e. The van der Waals surface area contributed by atoms with E-state index in [1.54, 1.807) is 24.4 Å². The normalized spacial score (nSPS) is 22.6. The number of benzene rings is 1. The summed E-state index contributed by atoms with van der Waals surface area (Å²) < 4.78 is 5.77. The highest BCUT2D eigenvalue weighted by molar-refractivity contribution is 5.82. The van der Waals surface area contributed by atoms with Crippen molar-refractivity contribution in [1.82, 2.24) is 4.98 Å². The lowest BCUT2D eigenvalue weighted by atomic mass is 10.0. The van der Waals surface area contributed by atoms with Gasteiger partial charge >= 0.3 is 0 Å². The lowest BCUT2D eigenvalue weighted by molar-refractivity contribution is 0.264. The summed E-state index contributed by atoms with van der Waals surface area (Å²) in [6, 6.07) is 10.8. The molecule has 1 fully saturated rings. The maximum atomic E-state index is 11.3. The standard InChI is InChI=1S/C14H12N3O3/c18-17(19)10-4-3-5-11-13(10)16-8-14(16,9-20-11)12-6-1-2-7-15-12/h1-7,18H,8-9H2/q-1. The lowest BCUT2D eigenvalue weighted by Crippen LogP contribution is -2.30. The van der Waals surface area contributed by atoms with Crippen molar-refractivity contribution in [2.24, 2.45) is 0 Å². The first-order chi connectivity index (χ1) is 9.72. The maximum absolute atomic E-state index is 11.3. The van der Waals surface area contributed by atoms with Crippen LogP contribution in [0.3, 0.4) is 0 Å². The first-order valence-corrected chi connectivity index (χ1v) is 6.33. The molecule has 2 aliphatic rings. The zero-order chi connectivity index (χ0) is 13.7. The minimum absolute atomic E-state index is 0.116. The molecule has 20 heavy (non-hydrogen) atoms. The Morgan fingerprint density at radius 3 is 2.95 bits per heavy atom. The van der Waals surface area contributed by atoms with E-state index in [0.717, 1.165) is 12.2 Å². The average molecular weight is 270 g/mol. The van der Waals surface area contributed by atoms with Crippen molar-refractivity contribution >= 4 is 11.4 Å². The van der Waals surface area contributed by atoms with Crippen molar-refractivity contribution in [2.45, 2.75) is 5.54 Å². The first kappa shape index (κ1) is 11.5. The van der Waals surface area contributed by atoms with Gasteiger partial charge in [0.05, 0.1) is 17.9 Å². The first-order valence-electron chi connectivity index (χ1n) is 6.33. The number of ether oxygens (including phenoxy) is 1. The minimum Gasteiger partial charge on any atom is -0.733 e. The van der Waals surface area contributed by atoms with Gasteiger partial charge in [0.2, 0.25) is 0 Å². The number of para-hydroxylation sites is 1. The Labute approximate surface area is 115 Å². The molecule has 1 saturated heterocycles. The van der Waals surface area contributed by atoms with Gasteiger partial charge in [-0.15, -0.1) is 0 Å². The van der Waals surface area contributed by atoms with Crippen LogP contribution < -0.4 is 14.9 Å². The molecule has 1 N–H and O–H groups in total. The Hall–Kier alpha value is -2.31. The van der Waals surface area contributed by atoms with E-state index in [-0.39, 0.29) is 16.5 Å². The Balaban J connectivity index is 1.81. The number of hydrogen-bond donors (Lipinski definition) is 1. The molecule has 1 unspecified atom stereocenters. The molecule has 1 atom stereocenters. The van der Waals surface area contributed by atoms with Gasteiger partial charge in [-0.25, -0.2) is 0 Å². The number of pyridine rings is 1. The molecule has 102 valence electrons. The van der Waals surface area contributed by atoms with Crippen LogP contribution in [-0.4, -0.2) is 23.3 Å². The molecule has 0 radical (unpaired) electrons. The van der Waals surface area contributed by atoms with Crippen LogP contribution in [0.4, 0.5) is 11.4 Å². The molecule has 1 aromatic carbocycles. The topological polar surface area (TPSA) is 71.7 Å². The third-order valence-corrected chi connectivity index (χ3v) is 3.89. The van der Waals surface area contributed by atoms with Crippen LogP contribution in [-0.2, 0) is 5.54 Å². The third kappa shape index (κ3) is 1.43. The molecular formula is C14H12N3O3-. The molecule has 2 aliphatic heterocycles. The van der Waals surface area contributed by atoms with Crippen LogP contribution in [0.25, 0.3) is 0 Å². The van der Waals surface area contributed by atoms with Gasteiger partial charge in [-0.1, -0.05) is 12.1 Å². The van der Waals surface area contributed by atoms with E-state index < -0.39 is 0 Å². The van der Waals surface area contributed by atoms with Crippen molar-refractivity contribution in [1.29, 1.82) is 0 Å². The Morgan fingerprint density at radius 1 is 1.30 bits per heavy atom. The third-order valence-electron chi connectivity index (χ3n) is 3.89. The Kier molecular flexibility index (Phi) is 2.21. The van der Waals surface area contributed by atoms with E-state index in [9.17, 15) is 10.4 Å². The summed E-state index contributed by atoms with van der Waals surface area (Å²) in [7, 11) is 0. The summed E-state index contributed by atoms with van der Waals surface area (Å²) in [4.78, 5) is 6.43. The van der Waals surface area contributed by atoms with Gasteiger partial charge in [0, 0.05) is 6.20 Å².